The minimum Gasteiger partial charge on any atom is -0.494 e. The molecule has 15 heavy (non-hydrogen) atoms. The normalized spacial score (nSPS) is 19.5. The summed E-state index contributed by atoms with van der Waals surface area (Å²) < 4.78 is 10.3. The van der Waals surface area contributed by atoms with Gasteiger partial charge in [0.15, 0.2) is 0 Å². The zero-order valence-electron chi connectivity index (χ0n) is 8.53. The fourth-order valence-corrected chi connectivity index (χ4v) is 1.61. The zero-order chi connectivity index (χ0) is 10.7. The van der Waals surface area contributed by atoms with E-state index in [2.05, 4.69) is 5.32 Å². The molecule has 1 aliphatic rings. The quantitative estimate of drug-likeness (QED) is 0.823. The summed E-state index contributed by atoms with van der Waals surface area (Å²) in [6.07, 6.45) is -0.369. The molecular formula is C11H13NO3. The largest absolute Gasteiger partial charge is 0.494 e. The van der Waals surface area contributed by atoms with Crippen molar-refractivity contribution in [2.24, 2.45) is 0 Å². The maximum absolute atomic E-state index is 10.9. The SMILES string of the molecule is CCOc1ccccc1[C@@H]1COC(=O)N1. The molecule has 1 aromatic rings. The van der Waals surface area contributed by atoms with Crippen molar-refractivity contribution in [3.8, 4) is 5.75 Å². The second kappa shape index (κ2) is 4.21. The standard InChI is InChI=1S/C11H13NO3/c1-2-14-10-6-4-3-5-8(10)9-7-15-11(13)12-9/h3-6,9H,2,7H2,1H3,(H,12,13)/t9-/m0/s1. The number of nitrogens with one attached hydrogen (secondary N) is 1. The second-order valence-corrected chi connectivity index (χ2v) is 3.27. The van der Waals surface area contributed by atoms with Crippen molar-refractivity contribution in [2.75, 3.05) is 13.2 Å². The summed E-state index contributed by atoms with van der Waals surface area (Å²) in [5, 5.41) is 2.73. The summed E-state index contributed by atoms with van der Waals surface area (Å²) in [7, 11) is 0. The first-order valence-corrected chi connectivity index (χ1v) is 4.96. The van der Waals surface area contributed by atoms with E-state index < -0.39 is 0 Å². The van der Waals surface area contributed by atoms with Gasteiger partial charge in [0.05, 0.1) is 12.6 Å². The molecule has 0 radical (unpaired) electrons. The summed E-state index contributed by atoms with van der Waals surface area (Å²) in [6.45, 7) is 2.90. The Morgan fingerprint density at radius 1 is 1.53 bits per heavy atom. The van der Waals surface area contributed by atoms with Gasteiger partial charge in [0.2, 0.25) is 0 Å². The van der Waals surface area contributed by atoms with Crippen LogP contribution in [0.1, 0.15) is 18.5 Å². The molecule has 0 bridgehead atoms. The van der Waals surface area contributed by atoms with Crippen molar-refractivity contribution >= 4 is 6.09 Å². The van der Waals surface area contributed by atoms with Gasteiger partial charge in [-0.15, -0.1) is 0 Å². The predicted molar refractivity (Wildman–Crippen MR) is 54.8 cm³/mol. The average molecular weight is 207 g/mol. The maximum atomic E-state index is 10.9. The molecule has 1 saturated heterocycles. The number of alkyl carbamates (subject to hydrolysis) is 1. The van der Waals surface area contributed by atoms with Crippen LogP contribution in [0.2, 0.25) is 0 Å². The Balaban J connectivity index is 2.22. The highest BCUT2D eigenvalue weighted by molar-refractivity contribution is 5.70. The number of cyclic esters (lactones) is 1. The molecule has 1 N–H and O–H groups in total. The van der Waals surface area contributed by atoms with Gasteiger partial charge in [0.25, 0.3) is 0 Å². The van der Waals surface area contributed by atoms with Gasteiger partial charge in [-0.25, -0.2) is 4.79 Å². The van der Waals surface area contributed by atoms with E-state index in [1.54, 1.807) is 0 Å². The van der Waals surface area contributed by atoms with Crippen LogP contribution in [0.15, 0.2) is 24.3 Å². The first-order valence-electron chi connectivity index (χ1n) is 4.96. The Kier molecular flexibility index (Phi) is 2.76. The number of ether oxygens (including phenoxy) is 2. The molecule has 4 nitrogen and oxygen atoms in total. The highest BCUT2D eigenvalue weighted by Crippen LogP contribution is 2.27. The van der Waals surface area contributed by atoms with Crippen LogP contribution in [0.5, 0.6) is 5.75 Å². The highest BCUT2D eigenvalue weighted by Gasteiger charge is 2.25. The molecule has 2 rings (SSSR count). The topological polar surface area (TPSA) is 47.6 Å². The Morgan fingerprint density at radius 3 is 3.00 bits per heavy atom. The van der Waals surface area contributed by atoms with Gasteiger partial charge in [-0.3, -0.25) is 0 Å². The molecule has 4 heteroatoms. The number of carbonyl (C=O) groups is 1. The van der Waals surface area contributed by atoms with E-state index in [1.807, 2.05) is 31.2 Å². The van der Waals surface area contributed by atoms with Crippen LogP contribution in [0, 0.1) is 0 Å². The third-order valence-corrected chi connectivity index (χ3v) is 2.27. The Hall–Kier alpha value is -1.71. The third-order valence-electron chi connectivity index (χ3n) is 2.27. The first-order chi connectivity index (χ1) is 7.31. The van der Waals surface area contributed by atoms with Crippen molar-refractivity contribution in [3.05, 3.63) is 29.8 Å². The number of amides is 1. The van der Waals surface area contributed by atoms with Crippen LogP contribution in [-0.4, -0.2) is 19.3 Å². The number of hydrogen-bond acceptors (Lipinski definition) is 3. The first kappa shape index (κ1) is 9.83. The highest BCUT2D eigenvalue weighted by atomic mass is 16.6. The van der Waals surface area contributed by atoms with Crippen LogP contribution in [0.25, 0.3) is 0 Å². The van der Waals surface area contributed by atoms with Crippen LogP contribution in [-0.2, 0) is 4.74 Å². The lowest BCUT2D eigenvalue weighted by Crippen LogP contribution is -2.19. The summed E-state index contributed by atoms with van der Waals surface area (Å²) in [5.41, 5.74) is 0.963. The summed E-state index contributed by atoms with van der Waals surface area (Å²) in [6, 6.07) is 7.56. The molecule has 0 spiro atoms. The van der Waals surface area contributed by atoms with E-state index >= 15 is 0 Å². The molecule has 0 saturated carbocycles. The van der Waals surface area contributed by atoms with E-state index in [9.17, 15) is 4.79 Å². The van der Waals surface area contributed by atoms with Gasteiger partial charge in [0.1, 0.15) is 12.4 Å². The summed E-state index contributed by atoms with van der Waals surface area (Å²) in [5.74, 6) is 0.802. The van der Waals surface area contributed by atoms with Gasteiger partial charge in [-0.2, -0.15) is 0 Å². The smallest absolute Gasteiger partial charge is 0.407 e. The van der Waals surface area contributed by atoms with Crippen molar-refractivity contribution < 1.29 is 14.3 Å². The van der Waals surface area contributed by atoms with Gasteiger partial charge in [-0.1, -0.05) is 18.2 Å². The van der Waals surface area contributed by atoms with Crippen molar-refractivity contribution in [1.29, 1.82) is 0 Å². The lowest BCUT2D eigenvalue weighted by molar-refractivity contribution is 0.176. The number of rotatable bonds is 3. The molecule has 0 aliphatic carbocycles. The van der Waals surface area contributed by atoms with Gasteiger partial charge >= 0.3 is 6.09 Å². The molecule has 1 aromatic carbocycles. The Labute approximate surface area is 88.2 Å². The fourth-order valence-electron chi connectivity index (χ4n) is 1.61. The Morgan fingerprint density at radius 2 is 2.33 bits per heavy atom. The molecule has 1 atom stereocenters. The zero-order valence-corrected chi connectivity index (χ0v) is 8.53. The van der Waals surface area contributed by atoms with Crippen molar-refractivity contribution in [2.45, 2.75) is 13.0 Å². The van der Waals surface area contributed by atoms with E-state index in [1.165, 1.54) is 0 Å². The monoisotopic (exact) mass is 207 g/mol. The number of carbonyl (C=O) groups excluding carboxylic acids is 1. The summed E-state index contributed by atoms with van der Waals surface area (Å²) >= 11 is 0. The van der Waals surface area contributed by atoms with Crippen LogP contribution < -0.4 is 10.1 Å². The third kappa shape index (κ3) is 2.03. The van der Waals surface area contributed by atoms with E-state index in [0.717, 1.165) is 11.3 Å². The lowest BCUT2D eigenvalue weighted by atomic mass is 10.1. The lowest BCUT2D eigenvalue weighted by Gasteiger charge is -2.13. The fraction of sp³-hybridized carbons (Fsp3) is 0.364. The molecule has 80 valence electrons. The number of benzene rings is 1. The minimum atomic E-state index is -0.369. The molecule has 1 fully saturated rings. The van der Waals surface area contributed by atoms with Gasteiger partial charge < -0.3 is 14.8 Å². The van der Waals surface area contributed by atoms with Crippen LogP contribution in [0.4, 0.5) is 4.79 Å². The van der Waals surface area contributed by atoms with Gasteiger partial charge in [-0.05, 0) is 13.0 Å². The second-order valence-electron chi connectivity index (χ2n) is 3.27. The van der Waals surface area contributed by atoms with Crippen molar-refractivity contribution in [1.82, 2.24) is 5.32 Å². The maximum Gasteiger partial charge on any atom is 0.407 e. The average Bonchev–Trinajstić information content (AvgIpc) is 2.66. The molecule has 1 aliphatic heterocycles. The molecular weight excluding hydrogens is 194 g/mol. The van der Waals surface area contributed by atoms with E-state index in [-0.39, 0.29) is 12.1 Å². The van der Waals surface area contributed by atoms with Crippen LogP contribution >= 0.6 is 0 Å². The minimum absolute atomic E-state index is 0.0970. The summed E-state index contributed by atoms with van der Waals surface area (Å²) in [4.78, 5) is 10.9. The molecule has 1 amide bonds. The molecule has 1 heterocycles. The van der Waals surface area contributed by atoms with E-state index in [0.29, 0.717) is 13.2 Å². The number of para-hydroxylation sites is 1. The number of hydrogen-bond donors (Lipinski definition) is 1. The van der Waals surface area contributed by atoms with E-state index in [4.69, 9.17) is 9.47 Å². The molecule has 0 aromatic heterocycles. The van der Waals surface area contributed by atoms with Crippen LogP contribution in [0.3, 0.4) is 0 Å². The predicted octanol–water partition coefficient (Wildman–Crippen LogP) is 1.87. The molecule has 0 unspecified atom stereocenters. The Bertz CT molecular complexity index is 365. The van der Waals surface area contributed by atoms with Crippen molar-refractivity contribution in [3.63, 3.8) is 0 Å². The van der Waals surface area contributed by atoms with Gasteiger partial charge in [0, 0.05) is 5.56 Å².